The van der Waals surface area contributed by atoms with Crippen molar-refractivity contribution in [3.05, 3.63) is 53.9 Å². The summed E-state index contributed by atoms with van der Waals surface area (Å²) in [6, 6.07) is 7.90. The summed E-state index contributed by atoms with van der Waals surface area (Å²) in [4.78, 5) is 20.8. The second-order valence-corrected chi connectivity index (χ2v) is 6.22. The van der Waals surface area contributed by atoms with Gasteiger partial charge in [0, 0.05) is 31.9 Å². The molecule has 0 aliphatic carbocycles. The summed E-state index contributed by atoms with van der Waals surface area (Å²) < 4.78 is 38.2. The number of carbonyl (C=O) groups is 1. The minimum absolute atomic E-state index is 0.0785. The highest BCUT2D eigenvalue weighted by molar-refractivity contribution is 6.03. The quantitative estimate of drug-likeness (QED) is 0.909. The number of likely N-dealkylation sites (N-methyl/N-ethyl adjacent to an activating group) is 1. The van der Waals surface area contributed by atoms with Crippen LogP contribution < -0.4 is 10.2 Å². The van der Waals surface area contributed by atoms with E-state index < -0.39 is 17.6 Å². The van der Waals surface area contributed by atoms with Gasteiger partial charge in [0.15, 0.2) is 0 Å². The van der Waals surface area contributed by atoms with Crippen LogP contribution in [0, 0.1) is 0 Å². The zero-order valence-corrected chi connectivity index (χ0v) is 14.3. The molecule has 0 saturated carbocycles. The molecule has 5 nitrogen and oxygen atoms in total. The maximum absolute atomic E-state index is 12.7. The summed E-state index contributed by atoms with van der Waals surface area (Å²) in [5.74, 6) is -0.547. The monoisotopic (exact) mass is 364 g/mol. The third-order valence-electron chi connectivity index (χ3n) is 4.30. The Morgan fingerprint density at radius 1 is 1.12 bits per heavy atom. The lowest BCUT2D eigenvalue weighted by atomic mass is 10.2. The molecule has 1 amide bonds. The van der Waals surface area contributed by atoms with Gasteiger partial charge in [-0.1, -0.05) is 6.07 Å². The van der Waals surface area contributed by atoms with Crippen molar-refractivity contribution >= 4 is 17.3 Å². The fourth-order valence-electron chi connectivity index (χ4n) is 2.74. The van der Waals surface area contributed by atoms with Crippen LogP contribution in [0.2, 0.25) is 0 Å². The van der Waals surface area contributed by atoms with E-state index in [1.54, 1.807) is 18.3 Å². The van der Waals surface area contributed by atoms with Crippen molar-refractivity contribution in [3.8, 4) is 0 Å². The molecule has 1 N–H and O–H groups in total. The Bertz CT molecular complexity index is 769. The first kappa shape index (κ1) is 18.2. The predicted octanol–water partition coefficient (Wildman–Crippen LogP) is 3.10. The van der Waals surface area contributed by atoms with Crippen molar-refractivity contribution < 1.29 is 18.0 Å². The number of amides is 1. The molecule has 1 aliphatic rings. The van der Waals surface area contributed by atoms with Crippen LogP contribution in [0.4, 0.5) is 24.5 Å². The van der Waals surface area contributed by atoms with Gasteiger partial charge in [-0.05, 0) is 37.4 Å². The van der Waals surface area contributed by atoms with E-state index in [9.17, 15) is 18.0 Å². The number of piperazine rings is 1. The van der Waals surface area contributed by atoms with Crippen LogP contribution in [-0.2, 0) is 6.18 Å². The summed E-state index contributed by atoms with van der Waals surface area (Å²) in [5.41, 5.74) is 0.345. The first-order valence-electron chi connectivity index (χ1n) is 8.21. The Hall–Kier alpha value is -2.61. The average molecular weight is 364 g/mol. The third-order valence-corrected chi connectivity index (χ3v) is 4.30. The number of nitrogens with zero attached hydrogens (tertiary/aromatic N) is 3. The highest BCUT2D eigenvalue weighted by atomic mass is 19.4. The summed E-state index contributed by atoms with van der Waals surface area (Å²) in [5, 5.41) is 2.45. The Labute approximate surface area is 149 Å². The lowest BCUT2D eigenvalue weighted by Gasteiger charge is -2.33. The van der Waals surface area contributed by atoms with Crippen LogP contribution in [0.5, 0.6) is 0 Å². The first-order valence-corrected chi connectivity index (χ1v) is 8.21. The molecular weight excluding hydrogens is 345 g/mol. The second-order valence-electron chi connectivity index (χ2n) is 6.22. The Kier molecular flexibility index (Phi) is 5.13. The van der Waals surface area contributed by atoms with Crippen LogP contribution in [-0.4, -0.2) is 49.0 Å². The number of nitrogens with one attached hydrogen (secondary N) is 1. The molecule has 1 aromatic heterocycles. The fourth-order valence-corrected chi connectivity index (χ4v) is 2.74. The van der Waals surface area contributed by atoms with E-state index in [1.165, 1.54) is 12.1 Å². The van der Waals surface area contributed by atoms with Crippen molar-refractivity contribution in [1.29, 1.82) is 0 Å². The lowest BCUT2D eigenvalue weighted by Crippen LogP contribution is -2.44. The van der Waals surface area contributed by atoms with Crippen molar-refractivity contribution in [1.82, 2.24) is 9.88 Å². The number of carbonyl (C=O) groups excluding carboxylic acids is 1. The molecule has 0 unspecified atom stereocenters. The van der Waals surface area contributed by atoms with Gasteiger partial charge in [0.2, 0.25) is 0 Å². The van der Waals surface area contributed by atoms with Gasteiger partial charge < -0.3 is 15.1 Å². The number of rotatable bonds is 3. The summed E-state index contributed by atoms with van der Waals surface area (Å²) in [6.07, 6.45) is -2.84. The molecule has 1 aliphatic heterocycles. The smallest absolute Gasteiger partial charge is 0.368 e. The molecule has 2 aromatic rings. The highest BCUT2D eigenvalue weighted by Gasteiger charge is 2.30. The van der Waals surface area contributed by atoms with Gasteiger partial charge in [0.1, 0.15) is 5.69 Å². The van der Waals surface area contributed by atoms with Crippen molar-refractivity contribution in [2.75, 3.05) is 43.4 Å². The number of hydrogen-bond donors (Lipinski definition) is 1. The number of aromatic nitrogens is 1. The number of pyridine rings is 1. The van der Waals surface area contributed by atoms with E-state index in [1.807, 2.05) is 0 Å². The highest BCUT2D eigenvalue weighted by Crippen LogP contribution is 2.30. The van der Waals surface area contributed by atoms with Crippen molar-refractivity contribution in [2.24, 2.45) is 0 Å². The van der Waals surface area contributed by atoms with Gasteiger partial charge in [-0.3, -0.25) is 4.79 Å². The molecule has 8 heteroatoms. The van der Waals surface area contributed by atoms with Crippen LogP contribution >= 0.6 is 0 Å². The maximum Gasteiger partial charge on any atom is 0.416 e. The number of alkyl halides is 3. The van der Waals surface area contributed by atoms with E-state index in [4.69, 9.17) is 0 Å². The number of hydrogen-bond acceptors (Lipinski definition) is 4. The van der Waals surface area contributed by atoms with E-state index >= 15 is 0 Å². The van der Waals surface area contributed by atoms with Crippen LogP contribution in [0.15, 0.2) is 42.6 Å². The summed E-state index contributed by atoms with van der Waals surface area (Å²) in [7, 11) is 2.07. The molecule has 0 spiro atoms. The van der Waals surface area contributed by atoms with Crippen LogP contribution in [0.25, 0.3) is 0 Å². The van der Waals surface area contributed by atoms with E-state index in [0.717, 1.165) is 44.0 Å². The molecule has 138 valence electrons. The van der Waals surface area contributed by atoms with Crippen molar-refractivity contribution in [3.63, 3.8) is 0 Å². The van der Waals surface area contributed by atoms with Gasteiger partial charge in [-0.15, -0.1) is 0 Å². The lowest BCUT2D eigenvalue weighted by molar-refractivity contribution is -0.137. The minimum Gasteiger partial charge on any atom is -0.368 e. The fraction of sp³-hybridized carbons (Fsp3) is 0.333. The predicted molar refractivity (Wildman–Crippen MR) is 93.3 cm³/mol. The Morgan fingerprint density at radius 3 is 2.46 bits per heavy atom. The van der Waals surface area contributed by atoms with Gasteiger partial charge in [-0.2, -0.15) is 13.2 Å². The first-order chi connectivity index (χ1) is 12.3. The third kappa shape index (κ3) is 4.32. The zero-order chi connectivity index (χ0) is 18.7. The number of anilines is 2. The molecule has 2 heterocycles. The van der Waals surface area contributed by atoms with Gasteiger partial charge >= 0.3 is 6.18 Å². The molecule has 1 aromatic carbocycles. The Morgan fingerprint density at radius 2 is 1.85 bits per heavy atom. The standard InChI is InChI=1S/C18H19F3N4O/c1-24-7-9-25(10-8-24)15-5-6-16(22-12-15)17(26)23-14-4-2-3-13(11-14)18(19,20)21/h2-6,11-12H,7-10H2,1H3,(H,23,26). The normalized spacial score (nSPS) is 15.8. The largest absolute Gasteiger partial charge is 0.416 e. The van der Waals surface area contributed by atoms with Gasteiger partial charge in [0.05, 0.1) is 17.4 Å². The number of halogens is 3. The van der Waals surface area contributed by atoms with E-state index in [2.05, 4.69) is 27.1 Å². The second kappa shape index (κ2) is 7.33. The SMILES string of the molecule is CN1CCN(c2ccc(C(=O)Nc3cccc(C(F)(F)F)c3)nc2)CC1. The van der Waals surface area contributed by atoms with Crippen molar-refractivity contribution in [2.45, 2.75) is 6.18 Å². The Balaban J connectivity index is 1.67. The minimum atomic E-state index is -4.46. The van der Waals surface area contributed by atoms with E-state index in [-0.39, 0.29) is 11.4 Å². The molecule has 26 heavy (non-hydrogen) atoms. The molecule has 0 atom stereocenters. The topological polar surface area (TPSA) is 48.5 Å². The zero-order valence-electron chi connectivity index (χ0n) is 14.3. The molecule has 0 bridgehead atoms. The van der Waals surface area contributed by atoms with Gasteiger partial charge in [0.25, 0.3) is 5.91 Å². The molecule has 1 saturated heterocycles. The maximum atomic E-state index is 12.7. The average Bonchev–Trinajstić information content (AvgIpc) is 2.62. The molecule has 3 rings (SSSR count). The summed E-state index contributed by atoms with van der Waals surface area (Å²) >= 11 is 0. The summed E-state index contributed by atoms with van der Waals surface area (Å²) in [6.45, 7) is 3.68. The molecule has 0 radical (unpaired) electrons. The van der Waals surface area contributed by atoms with Crippen LogP contribution in [0.1, 0.15) is 16.1 Å². The van der Waals surface area contributed by atoms with Crippen LogP contribution in [0.3, 0.4) is 0 Å². The van der Waals surface area contributed by atoms with E-state index in [0.29, 0.717) is 0 Å². The number of benzene rings is 1. The van der Waals surface area contributed by atoms with Gasteiger partial charge in [-0.25, -0.2) is 4.98 Å². The molecule has 1 fully saturated rings. The molecular formula is C18H19F3N4O.